The number of fused-ring (bicyclic) bond motifs is 3. The molecule has 10 heteroatoms. The highest BCUT2D eigenvalue weighted by Gasteiger charge is 2.64. The number of benzene rings is 2. The van der Waals surface area contributed by atoms with Gasteiger partial charge in [0.1, 0.15) is 22.8 Å². The van der Waals surface area contributed by atoms with Crippen LogP contribution in [0, 0.1) is 11.8 Å². The van der Waals surface area contributed by atoms with Crippen LogP contribution in [-0.4, -0.2) is 81.6 Å². The lowest BCUT2D eigenvalue weighted by Crippen LogP contribution is -2.65. The molecule has 0 aromatic heterocycles. The highest BCUT2D eigenvalue weighted by Crippen LogP contribution is 2.54. The maximum atomic E-state index is 14.1. The van der Waals surface area contributed by atoms with Crippen LogP contribution in [-0.2, 0) is 20.8 Å². The summed E-state index contributed by atoms with van der Waals surface area (Å²) in [5.74, 6) is -6.64. The van der Waals surface area contributed by atoms with Gasteiger partial charge >= 0.3 is 0 Å². The molecule has 10 nitrogen and oxygen atoms in total. The summed E-state index contributed by atoms with van der Waals surface area (Å²) in [4.78, 5) is 43.5. The Balaban J connectivity index is 1.72. The van der Waals surface area contributed by atoms with Crippen molar-refractivity contribution in [2.75, 3.05) is 32.1 Å². The van der Waals surface area contributed by atoms with Gasteiger partial charge in [0.2, 0.25) is 5.78 Å². The van der Waals surface area contributed by atoms with E-state index in [0.29, 0.717) is 5.56 Å². The molecule has 2 aromatic rings. The molecule has 0 radical (unpaired) electrons. The molecule has 3 aliphatic rings. The summed E-state index contributed by atoms with van der Waals surface area (Å²) < 4.78 is 0. The van der Waals surface area contributed by atoms with Gasteiger partial charge in [0.05, 0.1) is 11.6 Å². The van der Waals surface area contributed by atoms with Crippen LogP contribution >= 0.6 is 0 Å². The molecule has 1 saturated carbocycles. The number of hydrogen-bond acceptors (Lipinski definition) is 9. The van der Waals surface area contributed by atoms with Crippen molar-refractivity contribution in [3.63, 3.8) is 0 Å². The second kappa shape index (κ2) is 11.2. The normalized spacial score (nSPS) is 25.0. The number of rotatable bonds is 8. The van der Waals surface area contributed by atoms with Crippen LogP contribution in [0.1, 0.15) is 44.2 Å². The average Bonchev–Trinajstić information content (AvgIpc) is 2.95. The van der Waals surface area contributed by atoms with Gasteiger partial charge in [0.15, 0.2) is 11.4 Å². The topological polar surface area (TPSA) is 165 Å². The minimum absolute atomic E-state index is 0.0420. The van der Waals surface area contributed by atoms with E-state index in [-0.39, 0.29) is 29.7 Å². The Kier molecular flexibility index (Phi) is 7.87. The molecule has 2 aromatic carbocycles. The fraction of sp³-hybridized carbons (Fsp3) is 0.424. The highest BCUT2D eigenvalue weighted by molar-refractivity contribution is 6.24. The molecule has 4 atom stereocenters. The predicted octanol–water partition coefficient (Wildman–Crippen LogP) is 3.26. The number of phenols is 1. The molecular weight excluding hydrogens is 550 g/mol. The molecule has 0 aliphatic heterocycles. The first-order valence-corrected chi connectivity index (χ1v) is 14.7. The van der Waals surface area contributed by atoms with Gasteiger partial charge in [-0.15, -0.1) is 0 Å². The van der Waals surface area contributed by atoms with Crippen molar-refractivity contribution in [1.82, 2.24) is 4.90 Å². The van der Waals surface area contributed by atoms with Crippen LogP contribution in [0.15, 0.2) is 53.3 Å². The van der Waals surface area contributed by atoms with Gasteiger partial charge in [-0.2, -0.15) is 0 Å². The maximum absolute atomic E-state index is 14.1. The lowest BCUT2D eigenvalue weighted by Gasteiger charge is -2.50. The molecule has 1 amide bonds. The minimum atomic E-state index is -2.66. The summed E-state index contributed by atoms with van der Waals surface area (Å²) >= 11 is 0. The van der Waals surface area contributed by atoms with Gasteiger partial charge in [-0.25, -0.2) is 0 Å². The van der Waals surface area contributed by atoms with Crippen molar-refractivity contribution >= 4 is 28.9 Å². The minimum Gasteiger partial charge on any atom is -0.508 e. The molecule has 43 heavy (non-hydrogen) atoms. The number of aliphatic hydroxyl groups is 3. The number of likely N-dealkylation sites (N-methyl/N-ethyl adjacent to an activating group) is 1. The zero-order valence-electron chi connectivity index (χ0n) is 24.9. The largest absolute Gasteiger partial charge is 0.508 e. The van der Waals surface area contributed by atoms with Gasteiger partial charge in [-0.3, -0.25) is 19.3 Å². The van der Waals surface area contributed by atoms with Crippen molar-refractivity contribution < 1.29 is 34.8 Å². The number of para-hydroxylation sites is 1. The van der Waals surface area contributed by atoms with E-state index < -0.39 is 58.0 Å². The van der Waals surface area contributed by atoms with E-state index in [1.54, 1.807) is 14.1 Å². The summed E-state index contributed by atoms with van der Waals surface area (Å²) in [6, 6.07) is 10.1. The first-order chi connectivity index (χ1) is 20.4. The second-order valence-electron chi connectivity index (χ2n) is 12.0. The molecule has 2 unspecified atom stereocenters. The monoisotopic (exact) mass is 589 g/mol. The van der Waals surface area contributed by atoms with Gasteiger partial charge < -0.3 is 31.1 Å². The number of nitrogens with two attached hydrogens (primary N) is 1. The summed E-state index contributed by atoms with van der Waals surface area (Å²) in [6.45, 7) is 5.94. The van der Waals surface area contributed by atoms with E-state index in [4.69, 9.17) is 5.73 Å². The van der Waals surface area contributed by atoms with E-state index in [1.807, 2.05) is 24.3 Å². The van der Waals surface area contributed by atoms with Crippen molar-refractivity contribution in [2.45, 2.75) is 51.2 Å². The Morgan fingerprint density at radius 2 is 1.65 bits per heavy atom. The van der Waals surface area contributed by atoms with E-state index in [9.17, 15) is 34.8 Å². The van der Waals surface area contributed by atoms with E-state index in [2.05, 4.69) is 24.8 Å². The third-order valence-electron chi connectivity index (χ3n) is 9.13. The number of ketones is 2. The van der Waals surface area contributed by atoms with Crippen LogP contribution in [0.4, 0.5) is 5.69 Å². The van der Waals surface area contributed by atoms with Crippen LogP contribution in [0.5, 0.6) is 5.75 Å². The molecular formula is C33H39N3O7. The van der Waals surface area contributed by atoms with Crippen LogP contribution in [0.3, 0.4) is 0 Å². The Morgan fingerprint density at radius 1 is 1.00 bits per heavy atom. The smallest absolute Gasteiger partial charge is 0.255 e. The second-order valence-corrected chi connectivity index (χ2v) is 12.0. The van der Waals surface area contributed by atoms with Crippen molar-refractivity contribution in [1.29, 1.82) is 0 Å². The van der Waals surface area contributed by atoms with Crippen LogP contribution in [0.25, 0.3) is 16.9 Å². The number of carbonyl (C=O) groups is 3. The number of Topliss-reactive ketones (excluding diaryl/α,β-unsaturated/α-hetero) is 2. The van der Waals surface area contributed by atoms with E-state index >= 15 is 0 Å². The first-order valence-electron chi connectivity index (χ1n) is 14.7. The van der Waals surface area contributed by atoms with Crippen LogP contribution in [0.2, 0.25) is 0 Å². The molecule has 1 fully saturated rings. The average molecular weight is 590 g/mol. The first kappa shape index (κ1) is 30.3. The Morgan fingerprint density at radius 3 is 2.26 bits per heavy atom. The highest BCUT2D eigenvalue weighted by atomic mass is 16.3. The van der Waals surface area contributed by atoms with Crippen LogP contribution < -0.4 is 10.6 Å². The number of hydrogen-bond donors (Lipinski definition) is 5. The molecule has 0 bridgehead atoms. The van der Waals surface area contributed by atoms with E-state index in [0.717, 1.165) is 42.7 Å². The third kappa shape index (κ3) is 4.51. The Labute approximate surface area is 250 Å². The maximum Gasteiger partial charge on any atom is 0.255 e. The van der Waals surface area contributed by atoms with Gasteiger partial charge in [-0.05, 0) is 69.0 Å². The van der Waals surface area contributed by atoms with E-state index in [1.165, 1.54) is 11.0 Å². The summed E-state index contributed by atoms with van der Waals surface area (Å²) in [6.07, 6.45) is 2.18. The molecule has 228 valence electrons. The molecule has 0 heterocycles. The number of anilines is 1. The van der Waals surface area contributed by atoms with Crippen molar-refractivity contribution in [3.05, 3.63) is 64.4 Å². The molecule has 6 N–H and O–H groups in total. The summed E-state index contributed by atoms with van der Waals surface area (Å²) in [5.41, 5.74) is 5.21. The SMILES string of the molecule is CCCN(CCC)c1ccccc1-c1ccc(O)c2c1CC1CC3[C@H](N(C)C)C(=O)C(C(N)=O)=C(O)[C@@]3(O)C(=O)C1=C2O. The third-order valence-corrected chi connectivity index (χ3v) is 9.13. The Bertz CT molecular complexity index is 1570. The molecule has 0 saturated heterocycles. The molecule has 3 aliphatic carbocycles. The number of aromatic hydroxyl groups is 1. The lowest BCUT2D eigenvalue weighted by molar-refractivity contribution is -0.153. The van der Waals surface area contributed by atoms with Crippen molar-refractivity contribution in [3.8, 4) is 16.9 Å². The number of amides is 1. The number of primary amides is 1. The van der Waals surface area contributed by atoms with Gasteiger partial charge in [-0.1, -0.05) is 38.1 Å². The zero-order valence-corrected chi connectivity index (χ0v) is 24.9. The van der Waals surface area contributed by atoms with Gasteiger partial charge in [0, 0.05) is 35.8 Å². The standard InChI is InChI=1S/C33H39N3O7/c1-5-13-36(14-6-2)22-10-8-7-9-19(22)18-11-12-23(37)25-20(18)15-17-16-21-27(35(3)4)29(39)26(32(34)42)31(41)33(21,43)30(40)24(17)28(25)38/h7-12,17,21,27,37-38,41,43H,5-6,13-16H2,1-4H3,(H2,34,42)/t17?,21?,27-,33-/m0/s1. The molecule has 5 rings (SSSR count). The predicted molar refractivity (Wildman–Crippen MR) is 162 cm³/mol. The lowest BCUT2D eigenvalue weighted by atomic mass is 9.57. The number of phenolic OH excluding ortho intramolecular Hbond substituents is 1. The number of nitrogens with zero attached hydrogens (tertiary/aromatic N) is 2. The zero-order chi connectivity index (χ0) is 31.4. The molecule has 0 spiro atoms. The fourth-order valence-electron chi connectivity index (χ4n) is 7.37. The van der Waals surface area contributed by atoms with Crippen molar-refractivity contribution in [2.24, 2.45) is 17.6 Å². The fourth-order valence-corrected chi connectivity index (χ4v) is 7.37. The number of carbonyl (C=O) groups excluding carboxylic acids is 3. The summed E-state index contributed by atoms with van der Waals surface area (Å²) in [7, 11) is 3.16. The number of aliphatic hydroxyl groups excluding tert-OH is 2. The van der Waals surface area contributed by atoms with Gasteiger partial charge in [0.25, 0.3) is 5.91 Å². The Hall–Kier alpha value is -4.15. The quantitative estimate of drug-likeness (QED) is 0.291. The summed E-state index contributed by atoms with van der Waals surface area (Å²) in [5, 5.41) is 45.5.